The normalized spacial score (nSPS) is 18.8. The summed E-state index contributed by atoms with van der Waals surface area (Å²) in [7, 11) is 0. The second-order valence-corrected chi connectivity index (χ2v) is 6.00. The average molecular weight is 258 g/mol. The molecule has 1 aromatic carbocycles. The molecule has 1 fully saturated rings. The first-order chi connectivity index (χ1) is 9.11. The second-order valence-electron chi connectivity index (χ2n) is 6.00. The molecule has 1 heterocycles. The third kappa shape index (κ3) is 3.97. The molecule has 0 bridgehead atoms. The Balaban J connectivity index is 1.82. The fraction of sp³-hybridized carbons (Fsp3) is 0.562. The molecule has 3 heteroatoms. The minimum absolute atomic E-state index is 0.419. The molecule has 1 aliphatic heterocycles. The molecule has 0 radical (unpaired) electrons. The van der Waals surface area contributed by atoms with Crippen LogP contribution in [0.4, 0.5) is 0 Å². The Hall–Kier alpha value is -1.53. The summed E-state index contributed by atoms with van der Waals surface area (Å²) < 4.78 is 5.73. The zero-order valence-corrected chi connectivity index (χ0v) is 11.9. The molecular weight excluding hydrogens is 236 g/mol. The number of hydrogen-bond donors (Lipinski definition) is 0. The van der Waals surface area contributed by atoms with Crippen LogP contribution in [0.5, 0.6) is 5.75 Å². The van der Waals surface area contributed by atoms with Gasteiger partial charge in [0.2, 0.25) is 0 Å². The third-order valence-electron chi connectivity index (χ3n) is 3.65. The summed E-state index contributed by atoms with van der Waals surface area (Å²) in [6.45, 7) is 8.52. The molecule has 1 aromatic rings. The quantitative estimate of drug-likeness (QED) is 0.832. The molecule has 2 rings (SSSR count). The van der Waals surface area contributed by atoms with E-state index in [0.717, 1.165) is 19.6 Å². The molecule has 0 N–H and O–H groups in total. The largest absolute Gasteiger partial charge is 0.491 e. The molecule has 102 valence electrons. The van der Waals surface area contributed by atoms with E-state index in [0.29, 0.717) is 23.3 Å². The maximum atomic E-state index is 8.99. The molecule has 3 nitrogen and oxygen atoms in total. The highest BCUT2D eigenvalue weighted by molar-refractivity contribution is 5.42. The Morgan fingerprint density at radius 3 is 2.89 bits per heavy atom. The number of piperidine rings is 1. The van der Waals surface area contributed by atoms with Crippen molar-refractivity contribution in [3.63, 3.8) is 0 Å². The van der Waals surface area contributed by atoms with Gasteiger partial charge in [0.25, 0.3) is 0 Å². The summed E-state index contributed by atoms with van der Waals surface area (Å²) in [6, 6.07) is 9.57. The lowest BCUT2D eigenvalue weighted by atomic mass is 9.84. The van der Waals surface area contributed by atoms with E-state index in [2.05, 4.69) is 24.8 Å². The third-order valence-corrected chi connectivity index (χ3v) is 3.65. The van der Waals surface area contributed by atoms with Gasteiger partial charge >= 0.3 is 0 Å². The number of nitriles is 1. The van der Waals surface area contributed by atoms with E-state index in [1.165, 1.54) is 12.8 Å². The molecule has 0 saturated carbocycles. The summed E-state index contributed by atoms with van der Waals surface area (Å²) in [4.78, 5) is 2.46. The second kappa shape index (κ2) is 6.08. The van der Waals surface area contributed by atoms with Gasteiger partial charge in [0, 0.05) is 13.1 Å². The smallest absolute Gasteiger partial charge is 0.137 e. The first kappa shape index (κ1) is 13.9. The van der Waals surface area contributed by atoms with Gasteiger partial charge in [0.05, 0.1) is 5.56 Å². The van der Waals surface area contributed by atoms with E-state index in [-0.39, 0.29) is 0 Å². The lowest BCUT2D eigenvalue weighted by Crippen LogP contribution is -2.41. The maximum absolute atomic E-state index is 8.99. The number of hydrogen-bond acceptors (Lipinski definition) is 3. The van der Waals surface area contributed by atoms with Gasteiger partial charge in [-0.15, -0.1) is 0 Å². The number of nitrogens with zero attached hydrogens (tertiary/aromatic N) is 2. The predicted molar refractivity (Wildman–Crippen MR) is 76.1 cm³/mol. The van der Waals surface area contributed by atoms with Crippen molar-refractivity contribution < 1.29 is 4.74 Å². The van der Waals surface area contributed by atoms with Crippen molar-refractivity contribution >= 4 is 0 Å². The molecule has 19 heavy (non-hydrogen) atoms. The lowest BCUT2D eigenvalue weighted by Gasteiger charge is -2.37. The molecule has 0 atom stereocenters. The standard InChI is InChI=1S/C16H22N2O/c1-16(2)8-5-9-18(13-16)10-11-19-15-7-4-3-6-14(15)12-17/h3-4,6-7H,5,8-11,13H2,1-2H3. The van der Waals surface area contributed by atoms with E-state index < -0.39 is 0 Å². The SMILES string of the molecule is CC1(C)CCCN(CCOc2ccccc2C#N)C1. The lowest BCUT2D eigenvalue weighted by molar-refractivity contribution is 0.102. The van der Waals surface area contributed by atoms with Crippen LogP contribution in [-0.4, -0.2) is 31.1 Å². The van der Waals surface area contributed by atoms with Crippen molar-refractivity contribution in [1.29, 1.82) is 5.26 Å². The molecule has 1 aliphatic rings. The molecule has 0 unspecified atom stereocenters. The first-order valence-corrected chi connectivity index (χ1v) is 6.95. The van der Waals surface area contributed by atoms with Crippen LogP contribution in [0.2, 0.25) is 0 Å². The van der Waals surface area contributed by atoms with E-state index in [4.69, 9.17) is 10.00 Å². The average Bonchev–Trinajstić information content (AvgIpc) is 2.38. The van der Waals surface area contributed by atoms with Gasteiger partial charge in [-0.25, -0.2) is 0 Å². The monoisotopic (exact) mass is 258 g/mol. The molecule has 0 spiro atoms. The van der Waals surface area contributed by atoms with Crippen LogP contribution in [-0.2, 0) is 0 Å². The fourth-order valence-corrected chi connectivity index (χ4v) is 2.71. The van der Waals surface area contributed by atoms with Gasteiger partial charge in [-0.1, -0.05) is 26.0 Å². The van der Waals surface area contributed by atoms with Crippen molar-refractivity contribution in [2.24, 2.45) is 5.41 Å². The Morgan fingerprint density at radius 2 is 2.16 bits per heavy atom. The number of likely N-dealkylation sites (tertiary alicyclic amines) is 1. The van der Waals surface area contributed by atoms with Gasteiger partial charge in [-0.3, -0.25) is 4.90 Å². The summed E-state index contributed by atoms with van der Waals surface area (Å²) in [5, 5.41) is 8.99. The highest BCUT2D eigenvalue weighted by Gasteiger charge is 2.25. The number of ether oxygens (including phenoxy) is 1. The highest BCUT2D eigenvalue weighted by Crippen LogP contribution is 2.28. The van der Waals surface area contributed by atoms with Crippen LogP contribution >= 0.6 is 0 Å². The Bertz CT molecular complexity index is 462. The van der Waals surface area contributed by atoms with Crippen LogP contribution in [0.25, 0.3) is 0 Å². The van der Waals surface area contributed by atoms with E-state index >= 15 is 0 Å². The Labute approximate surface area is 115 Å². The minimum Gasteiger partial charge on any atom is -0.491 e. The summed E-state index contributed by atoms with van der Waals surface area (Å²) in [5.41, 5.74) is 1.03. The van der Waals surface area contributed by atoms with Crippen molar-refractivity contribution in [3.05, 3.63) is 29.8 Å². The van der Waals surface area contributed by atoms with Crippen molar-refractivity contribution in [2.45, 2.75) is 26.7 Å². The fourth-order valence-electron chi connectivity index (χ4n) is 2.71. The van der Waals surface area contributed by atoms with Crippen molar-refractivity contribution in [1.82, 2.24) is 4.90 Å². The van der Waals surface area contributed by atoms with E-state index in [1.807, 2.05) is 18.2 Å². The molecule has 0 aliphatic carbocycles. The highest BCUT2D eigenvalue weighted by atomic mass is 16.5. The molecule has 0 amide bonds. The van der Waals surface area contributed by atoms with Crippen molar-refractivity contribution in [3.8, 4) is 11.8 Å². The van der Waals surface area contributed by atoms with Crippen LogP contribution in [0, 0.1) is 16.7 Å². The van der Waals surface area contributed by atoms with E-state index in [1.54, 1.807) is 6.07 Å². The van der Waals surface area contributed by atoms with Crippen molar-refractivity contribution in [2.75, 3.05) is 26.2 Å². The Kier molecular flexibility index (Phi) is 4.44. The molecule has 0 aromatic heterocycles. The summed E-state index contributed by atoms with van der Waals surface area (Å²) in [5.74, 6) is 0.696. The molecule has 1 saturated heterocycles. The summed E-state index contributed by atoms with van der Waals surface area (Å²) in [6.07, 6.45) is 2.57. The predicted octanol–water partition coefficient (Wildman–Crippen LogP) is 3.06. The molecular formula is C16H22N2O. The first-order valence-electron chi connectivity index (χ1n) is 6.95. The number of benzene rings is 1. The van der Waals surface area contributed by atoms with Crippen LogP contribution in [0.1, 0.15) is 32.3 Å². The van der Waals surface area contributed by atoms with Gasteiger partial charge in [0.1, 0.15) is 18.4 Å². The number of para-hydroxylation sites is 1. The maximum Gasteiger partial charge on any atom is 0.137 e. The van der Waals surface area contributed by atoms with Crippen LogP contribution in [0.3, 0.4) is 0 Å². The van der Waals surface area contributed by atoms with Gasteiger partial charge < -0.3 is 4.74 Å². The van der Waals surface area contributed by atoms with Crippen LogP contribution in [0.15, 0.2) is 24.3 Å². The summed E-state index contributed by atoms with van der Waals surface area (Å²) >= 11 is 0. The Morgan fingerprint density at radius 1 is 1.37 bits per heavy atom. The van der Waals surface area contributed by atoms with Gasteiger partial charge in [0.15, 0.2) is 0 Å². The number of rotatable bonds is 4. The zero-order chi connectivity index (χ0) is 13.7. The zero-order valence-electron chi connectivity index (χ0n) is 11.9. The minimum atomic E-state index is 0.419. The van der Waals surface area contributed by atoms with Gasteiger partial charge in [-0.05, 0) is 36.9 Å². The van der Waals surface area contributed by atoms with Gasteiger partial charge in [-0.2, -0.15) is 5.26 Å². The van der Waals surface area contributed by atoms with Crippen LogP contribution < -0.4 is 4.74 Å². The van der Waals surface area contributed by atoms with E-state index in [9.17, 15) is 0 Å². The topological polar surface area (TPSA) is 36.3 Å².